The van der Waals surface area contributed by atoms with Crippen LogP contribution in [-0.4, -0.2) is 22.5 Å². The van der Waals surface area contributed by atoms with Gasteiger partial charge in [0.05, 0.1) is 18.1 Å². The predicted molar refractivity (Wildman–Crippen MR) is 61.2 cm³/mol. The molecule has 0 N–H and O–H groups in total. The van der Waals surface area contributed by atoms with Crippen molar-refractivity contribution >= 4 is 23.4 Å². The third kappa shape index (κ3) is 3.57. The van der Waals surface area contributed by atoms with Crippen LogP contribution in [0.2, 0.25) is 5.02 Å². The lowest BCUT2D eigenvalue weighted by Gasteiger charge is -2.09. The lowest BCUT2D eigenvalue weighted by Crippen LogP contribution is -2.12. The number of hydrogen-bond donors (Lipinski definition) is 0. The quantitative estimate of drug-likeness (QED) is 0.474. The van der Waals surface area contributed by atoms with E-state index in [2.05, 4.69) is 9.72 Å². The molecule has 0 bridgehead atoms. The minimum absolute atomic E-state index is 0.0631. The number of esters is 1. The summed E-state index contributed by atoms with van der Waals surface area (Å²) in [4.78, 5) is 24.2. The first-order valence-electron chi connectivity index (χ1n) is 5.13. The minimum atomic E-state index is -3.17. The van der Waals surface area contributed by atoms with Crippen LogP contribution in [0.3, 0.4) is 0 Å². The van der Waals surface area contributed by atoms with Crippen LogP contribution in [0.25, 0.3) is 0 Å². The molecule has 0 radical (unpaired) electrons. The van der Waals surface area contributed by atoms with E-state index in [4.69, 9.17) is 11.6 Å². The number of hydrogen-bond acceptors (Lipinski definition) is 5. The number of carbonyl (C=O) groups excluding carboxylic acids is 1. The van der Waals surface area contributed by atoms with Crippen molar-refractivity contribution < 1.29 is 23.2 Å². The largest absolute Gasteiger partial charge is 0.466 e. The Hall–Kier alpha value is -1.83. The minimum Gasteiger partial charge on any atom is -0.466 e. The van der Waals surface area contributed by atoms with Gasteiger partial charge in [0.15, 0.2) is 6.20 Å². The van der Waals surface area contributed by atoms with Crippen LogP contribution in [0.4, 0.5) is 14.6 Å². The molecule has 0 unspecified atom stereocenters. The molecule has 0 saturated heterocycles. The topological polar surface area (TPSA) is 82.3 Å². The summed E-state index contributed by atoms with van der Waals surface area (Å²) in [6.45, 7) is 1.61. The maximum absolute atomic E-state index is 12.9. The van der Waals surface area contributed by atoms with Gasteiger partial charge in [-0.25, -0.2) is 8.78 Å². The summed E-state index contributed by atoms with van der Waals surface area (Å²) >= 11 is 5.67. The summed E-state index contributed by atoms with van der Waals surface area (Å²) in [5.41, 5.74) is -1.29. The second-order valence-electron chi connectivity index (χ2n) is 3.36. The van der Waals surface area contributed by atoms with E-state index in [1.54, 1.807) is 6.92 Å². The average molecular weight is 295 g/mol. The third-order valence-electron chi connectivity index (χ3n) is 2.17. The van der Waals surface area contributed by atoms with Gasteiger partial charge in [0.25, 0.3) is 6.43 Å². The Morgan fingerprint density at radius 2 is 2.26 bits per heavy atom. The van der Waals surface area contributed by atoms with Crippen molar-refractivity contribution in [2.45, 2.75) is 19.8 Å². The van der Waals surface area contributed by atoms with Crippen molar-refractivity contribution in [3.63, 3.8) is 0 Å². The van der Waals surface area contributed by atoms with Crippen LogP contribution in [0.5, 0.6) is 0 Å². The number of aromatic nitrogens is 1. The molecule has 0 aliphatic heterocycles. The molecule has 1 aromatic rings. The van der Waals surface area contributed by atoms with Gasteiger partial charge in [0, 0.05) is 5.56 Å². The Labute approximate surface area is 111 Å². The molecule has 0 atom stereocenters. The van der Waals surface area contributed by atoms with Crippen molar-refractivity contribution in [2.75, 3.05) is 6.61 Å². The van der Waals surface area contributed by atoms with E-state index >= 15 is 0 Å². The van der Waals surface area contributed by atoms with E-state index in [-0.39, 0.29) is 17.2 Å². The lowest BCUT2D eigenvalue weighted by molar-refractivity contribution is -0.391. The van der Waals surface area contributed by atoms with Crippen molar-refractivity contribution in [1.29, 1.82) is 0 Å². The van der Waals surface area contributed by atoms with Gasteiger partial charge in [-0.15, -0.1) is 0 Å². The van der Waals surface area contributed by atoms with E-state index in [1.807, 2.05) is 0 Å². The van der Waals surface area contributed by atoms with Gasteiger partial charge in [0.2, 0.25) is 0 Å². The number of rotatable bonds is 5. The molecule has 0 aromatic carbocycles. The highest BCUT2D eigenvalue weighted by atomic mass is 35.5. The summed E-state index contributed by atoms with van der Waals surface area (Å²) in [6, 6.07) is 0. The van der Waals surface area contributed by atoms with Crippen LogP contribution in [0.1, 0.15) is 24.5 Å². The van der Waals surface area contributed by atoms with Gasteiger partial charge in [-0.05, 0) is 16.8 Å². The number of nitrogens with zero attached hydrogens (tertiary/aromatic N) is 2. The van der Waals surface area contributed by atoms with Gasteiger partial charge < -0.3 is 14.9 Å². The monoisotopic (exact) mass is 294 g/mol. The highest BCUT2D eigenvalue weighted by Gasteiger charge is 2.30. The first-order chi connectivity index (χ1) is 8.88. The number of ether oxygens (including phenoxy) is 1. The molecule has 0 saturated carbocycles. The molecule has 0 fully saturated rings. The van der Waals surface area contributed by atoms with Crippen LogP contribution < -0.4 is 0 Å². The molecule has 6 nitrogen and oxygen atoms in total. The fourth-order valence-corrected chi connectivity index (χ4v) is 1.66. The van der Waals surface area contributed by atoms with Crippen LogP contribution in [0, 0.1) is 10.1 Å². The second kappa shape index (κ2) is 6.37. The normalized spacial score (nSPS) is 10.6. The van der Waals surface area contributed by atoms with Crippen LogP contribution >= 0.6 is 11.6 Å². The maximum Gasteiger partial charge on any atom is 0.372 e. The molecule has 0 spiro atoms. The van der Waals surface area contributed by atoms with E-state index in [1.165, 1.54) is 0 Å². The molecule has 1 heterocycles. The molecule has 0 amide bonds. The van der Waals surface area contributed by atoms with Gasteiger partial charge >= 0.3 is 11.8 Å². The van der Waals surface area contributed by atoms with Gasteiger partial charge in [-0.1, -0.05) is 11.6 Å². The molecule has 0 aliphatic rings. The number of halogens is 3. The smallest absolute Gasteiger partial charge is 0.372 e. The Bertz CT molecular complexity index is 511. The fourth-order valence-electron chi connectivity index (χ4n) is 1.44. The number of alkyl halides is 2. The summed E-state index contributed by atoms with van der Waals surface area (Å²) in [7, 11) is 0. The second-order valence-corrected chi connectivity index (χ2v) is 3.77. The molecular weight excluding hydrogens is 286 g/mol. The third-order valence-corrected chi connectivity index (χ3v) is 2.50. The highest BCUT2D eigenvalue weighted by molar-refractivity contribution is 6.31. The molecule has 1 rings (SSSR count). The van der Waals surface area contributed by atoms with Crippen molar-refractivity contribution in [3.05, 3.63) is 32.5 Å². The van der Waals surface area contributed by atoms with E-state index in [0.29, 0.717) is 0 Å². The lowest BCUT2D eigenvalue weighted by atomic mass is 10.1. The van der Waals surface area contributed by atoms with Gasteiger partial charge in [0.1, 0.15) is 5.56 Å². The molecule has 0 aliphatic carbocycles. The molecule has 104 valence electrons. The predicted octanol–water partition coefficient (Wildman–Crippen LogP) is 2.69. The Morgan fingerprint density at radius 3 is 2.74 bits per heavy atom. The number of pyridine rings is 1. The molecule has 19 heavy (non-hydrogen) atoms. The maximum atomic E-state index is 12.9. The zero-order valence-corrected chi connectivity index (χ0v) is 10.5. The highest BCUT2D eigenvalue weighted by Crippen LogP contribution is 2.34. The summed E-state index contributed by atoms with van der Waals surface area (Å²) in [5, 5.41) is 10.4. The average Bonchev–Trinajstić information content (AvgIpc) is 2.31. The molecule has 1 aromatic heterocycles. The van der Waals surface area contributed by atoms with Crippen molar-refractivity contribution in [3.8, 4) is 0 Å². The standard InChI is InChI=1S/C10H9ClF2N2O4/c1-2-19-7(16)3-5-6(11)4-14-10(15(17)18)8(5)9(12)13/h4,9H,2-3H2,1H3. The zero-order chi connectivity index (χ0) is 14.6. The molecule has 9 heteroatoms. The SMILES string of the molecule is CCOC(=O)Cc1c(Cl)cnc([N+](=O)[O-])c1C(F)F. The Morgan fingerprint density at radius 1 is 1.63 bits per heavy atom. The first-order valence-corrected chi connectivity index (χ1v) is 5.51. The summed E-state index contributed by atoms with van der Waals surface area (Å²) in [6.07, 6.45) is -2.88. The number of nitro groups is 1. The van der Waals surface area contributed by atoms with Gasteiger partial charge in [-0.2, -0.15) is 0 Å². The van der Waals surface area contributed by atoms with Gasteiger partial charge in [-0.3, -0.25) is 4.79 Å². The number of carbonyl (C=O) groups is 1. The van der Waals surface area contributed by atoms with Crippen molar-refractivity contribution in [1.82, 2.24) is 4.98 Å². The van der Waals surface area contributed by atoms with E-state index in [0.717, 1.165) is 6.20 Å². The summed E-state index contributed by atoms with van der Waals surface area (Å²) in [5.74, 6) is -1.81. The molecular formula is C10H9ClF2N2O4. The first kappa shape index (κ1) is 15.2. The summed E-state index contributed by atoms with van der Waals surface area (Å²) < 4.78 is 30.4. The van der Waals surface area contributed by atoms with E-state index < -0.39 is 35.1 Å². The zero-order valence-electron chi connectivity index (χ0n) is 9.73. The fraction of sp³-hybridized carbons (Fsp3) is 0.400. The Balaban J connectivity index is 3.31. The van der Waals surface area contributed by atoms with Crippen molar-refractivity contribution in [2.24, 2.45) is 0 Å². The van der Waals surface area contributed by atoms with Crippen LogP contribution in [0.15, 0.2) is 6.20 Å². The Kier molecular flexibility index (Phi) is 5.11. The van der Waals surface area contributed by atoms with E-state index in [9.17, 15) is 23.7 Å². The van der Waals surface area contributed by atoms with Crippen LogP contribution in [-0.2, 0) is 16.0 Å².